The molecule has 0 bridgehead atoms. The van der Waals surface area contributed by atoms with E-state index in [1.807, 2.05) is 41.3 Å². The van der Waals surface area contributed by atoms with E-state index < -0.39 is 0 Å². The van der Waals surface area contributed by atoms with Crippen LogP contribution in [0.2, 0.25) is 0 Å². The summed E-state index contributed by atoms with van der Waals surface area (Å²) < 4.78 is 0. The average Bonchev–Trinajstić information content (AvgIpc) is 3.17. The van der Waals surface area contributed by atoms with Crippen LogP contribution in [0.15, 0.2) is 72.1 Å². The van der Waals surface area contributed by atoms with E-state index in [4.69, 9.17) is 0 Å². The first kappa shape index (κ1) is 16.9. The molecule has 2 heterocycles. The van der Waals surface area contributed by atoms with Gasteiger partial charge in [-0.05, 0) is 41.0 Å². The van der Waals surface area contributed by atoms with E-state index in [-0.39, 0.29) is 12.1 Å². The van der Waals surface area contributed by atoms with Crippen LogP contribution in [-0.4, -0.2) is 17.5 Å². The minimum atomic E-state index is -0.0324. The molecule has 2 aromatic carbocycles. The fourth-order valence-corrected chi connectivity index (χ4v) is 4.34. The summed E-state index contributed by atoms with van der Waals surface area (Å²) in [7, 11) is 0. The van der Waals surface area contributed by atoms with E-state index in [0.717, 1.165) is 24.9 Å². The van der Waals surface area contributed by atoms with Gasteiger partial charge in [0, 0.05) is 18.0 Å². The number of thiophene rings is 1. The molecule has 1 aliphatic heterocycles. The molecule has 2 amide bonds. The van der Waals surface area contributed by atoms with Gasteiger partial charge >= 0.3 is 6.03 Å². The molecule has 3 aromatic rings. The Balaban J connectivity index is 1.50. The molecule has 0 saturated carbocycles. The van der Waals surface area contributed by atoms with Gasteiger partial charge in [-0.25, -0.2) is 4.79 Å². The molecule has 1 unspecified atom stereocenters. The molecule has 4 heteroatoms. The fraction of sp³-hybridized carbons (Fsp3) is 0.227. The van der Waals surface area contributed by atoms with Crippen LogP contribution in [0.4, 0.5) is 4.79 Å². The number of carbonyl (C=O) groups excluding carboxylic acids is 1. The van der Waals surface area contributed by atoms with Crippen molar-refractivity contribution in [2.24, 2.45) is 0 Å². The highest BCUT2D eigenvalue weighted by molar-refractivity contribution is 7.10. The summed E-state index contributed by atoms with van der Waals surface area (Å²) in [6.45, 7) is 1.49. The van der Waals surface area contributed by atoms with Crippen LogP contribution in [0.25, 0.3) is 0 Å². The quantitative estimate of drug-likeness (QED) is 0.710. The van der Waals surface area contributed by atoms with Gasteiger partial charge in [0.05, 0.1) is 6.04 Å². The van der Waals surface area contributed by atoms with Crippen molar-refractivity contribution in [1.29, 1.82) is 0 Å². The van der Waals surface area contributed by atoms with E-state index >= 15 is 0 Å². The van der Waals surface area contributed by atoms with Gasteiger partial charge < -0.3 is 10.2 Å². The van der Waals surface area contributed by atoms with Crippen LogP contribution in [0, 0.1) is 0 Å². The van der Waals surface area contributed by atoms with Crippen molar-refractivity contribution in [1.82, 2.24) is 10.2 Å². The summed E-state index contributed by atoms with van der Waals surface area (Å²) in [5, 5.41) is 5.38. The zero-order valence-electron chi connectivity index (χ0n) is 14.6. The number of benzene rings is 2. The highest BCUT2D eigenvalue weighted by Gasteiger charge is 2.24. The second-order valence-electron chi connectivity index (χ2n) is 6.64. The maximum Gasteiger partial charge on any atom is 0.318 e. The molecule has 3 nitrogen and oxygen atoms in total. The zero-order valence-corrected chi connectivity index (χ0v) is 15.4. The average molecular weight is 362 g/mol. The predicted molar refractivity (Wildman–Crippen MR) is 106 cm³/mol. The molecular formula is C22H22N2OS. The highest BCUT2D eigenvalue weighted by atomic mass is 32.1. The molecule has 0 aliphatic carbocycles. The minimum absolute atomic E-state index is 0.0200. The maximum atomic E-state index is 12.9. The van der Waals surface area contributed by atoms with E-state index in [9.17, 15) is 4.79 Å². The molecule has 4 rings (SSSR count). The Kier molecular flexibility index (Phi) is 5.02. The third-order valence-electron chi connectivity index (χ3n) is 4.88. The van der Waals surface area contributed by atoms with Crippen molar-refractivity contribution in [3.63, 3.8) is 0 Å². The first-order valence-corrected chi connectivity index (χ1v) is 9.87. The Morgan fingerprint density at radius 1 is 1.04 bits per heavy atom. The Bertz CT molecular complexity index is 860. The van der Waals surface area contributed by atoms with Crippen LogP contribution in [0.3, 0.4) is 0 Å². The topological polar surface area (TPSA) is 32.3 Å². The van der Waals surface area contributed by atoms with Crippen LogP contribution >= 0.6 is 11.3 Å². The van der Waals surface area contributed by atoms with Gasteiger partial charge in [-0.15, -0.1) is 11.3 Å². The monoisotopic (exact) mass is 362 g/mol. The lowest BCUT2D eigenvalue weighted by Crippen LogP contribution is -2.44. The first-order valence-electron chi connectivity index (χ1n) is 8.99. The number of rotatable bonds is 4. The number of nitrogens with zero attached hydrogens (tertiary/aromatic N) is 1. The molecule has 26 heavy (non-hydrogen) atoms. The van der Waals surface area contributed by atoms with Crippen LogP contribution in [0.5, 0.6) is 0 Å². The van der Waals surface area contributed by atoms with Crippen molar-refractivity contribution in [2.75, 3.05) is 6.54 Å². The Labute approximate surface area is 158 Å². The van der Waals surface area contributed by atoms with Crippen molar-refractivity contribution < 1.29 is 4.79 Å². The summed E-state index contributed by atoms with van der Waals surface area (Å²) in [5.41, 5.74) is 3.65. The molecule has 0 fully saturated rings. The largest absolute Gasteiger partial charge is 0.331 e. The van der Waals surface area contributed by atoms with Gasteiger partial charge in [-0.2, -0.15) is 0 Å². The van der Waals surface area contributed by atoms with Gasteiger partial charge in [-0.1, -0.05) is 60.7 Å². The normalized spacial score (nSPS) is 14.5. The van der Waals surface area contributed by atoms with Crippen molar-refractivity contribution in [3.8, 4) is 0 Å². The SMILES string of the molecule is O=C(NC(Cc1ccccc1)c1ccccc1)N1CCc2sccc2C1. The Hall–Kier alpha value is -2.59. The highest BCUT2D eigenvalue weighted by Crippen LogP contribution is 2.25. The van der Waals surface area contributed by atoms with Gasteiger partial charge in [0.15, 0.2) is 0 Å². The number of carbonyl (C=O) groups is 1. The smallest absolute Gasteiger partial charge is 0.318 e. The summed E-state index contributed by atoms with van der Waals surface area (Å²) in [6.07, 6.45) is 1.74. The lowest BCUT2D eigenvalue weighted by molar-refractivity contribution is 0.188. The van der Waals surface area contributed by atoms with Crippen LogP contribution in [0.1, 0.15) is 27.6 Å². The zero-order chi connectivity index (χ0) is 17.8. The fourth-order valence-electron chi connectivity index (χ4n) is 3.45. The number of hydrogen-bond acceptors (Lipinski definition) is 2. The van der Waals surface area contributed by atoms with E-state index in [0.29, 0.717) is 6.54 Å². The first-order chi connectivity index (χ1) is 12.8. The standard InChI is InChI=1S/C22H22N2OS/c25-22(24-13-11-21-19(16-24)12-14-26-21)23-20(18-9-5-2-6-10-18)15-17-7-3-1-4-8-17/h1-10,12,14,20H,11,13,15-16H2,(H,23,25). The number of nitrogens with one attached hydrogen (secondary N) is 1. The number of fused-ring (bicyclic) bond motifs is 1. The third kappa shape index (κ3) is 3.81. The molecule has 1 atom stereocenters. The molecule has 0 radical (unpaired) electrons. The second-order valence-corrected chi connectivity index (χ2v) is 7.64. The van der Waals surface area contributed by atoms with E-state index in [1.165, 1.54) is 16.0 Å². The van der Waals surface area contributed by atoms with Crippen LogP contribution < -0.4 is 5.32 Å². The molecular weight excluding hydrogens is 340 g/mol. The van der Waals surface area contributed by atoms with Crippen molar-refractivity contribution in [2.45, 2.75) is 25.4 Å². The number of urea groups is 1. The molecule has 1 N–H and O–H groups in total. The minimum Gasteiger partial charge on any atom is -0.331 e. The van der Waals surface area contributed by atoms with Crippen molar-refractivity contribution in [3.05, 3.63) is 93.7 Å². The van der Waals surface area contributed by atoms with E-state index in [2.05, 4.69) is 41.0 Å². The molecule has 0 spiro atoms. The summed E-state index contributed by atoms with van der Waals surface area (Å²) in [6, 6.07) is 22.7. The lowest BCUT2D eigenvalue weighted by Gasteiger charge is -2.29. The summed E-state index contributed by atoms with van der Waals surface area (Å²) >= 11 is 1.79. The van der Waals surface area contributed by atoms with Gasteiger partial charge in [0.1, 0.15) is 0 Å². The molecule has 1 aliphatic rings. The van der Waals surface area contributed by atoms with Gasteiger partial charge in [-0.3, -0.25) is 0 Å². The maximum absolute atomic E-state index is 12.9. The number of hydrogen-bond donors (Lipinski definition) is 1. The molecule has 132 valence electrons. The summed E-state index contributed by atoms with van der Waals surface area (Å²) in [5.74, 6) is 0. The lowest BCUT2D eigenvalue weighted by atomic mass is 9.99. The Morgan fingerprint density at radius 2 is 1.77 bits per heavy atom. The molecule has 1 aromatic heterocycles. The summed E-state index contributed by atoms with van der Waals surface area (Å²) in [4.78, 5) is 16.3. The van der Waals surface area contributed by atoms with E-state index in [1.54, 1.807) is 11.3 Å². The van der Waals surface area contributed by atoms with Crippen molar-refractivity contribution >= 4 is 17.4 Å². The molecule has 0 saturated heterocycles. The second kappa shape index (κ2) is 7.75. The predicted octanol–water partition coefficient (Wildman–Crippen LogP) is 4.80. The Morgan fingerprint density at radius 3 is 2.54 bits per heavy atom. The van der Waals surface area contributed by atoms with Gasteiger partial charge in [0.25, 0.3) is 0 Å². The van der Waals surface area contributed by atoms with Gasteiger partial charge in [0.2, 0.25) is 0 Å². The third-order valence-corrected chi connectivity index (χ3v) is 5.90. The number of amides is 2. The van der Waals surface area contributed by atoms with Crippen LogP contribution in [-0.2, 0) is 19.4 Å².